The number of H-pyrrole nitrogens is 1. The Bertz CT molecular complexity index is 915. The highest BCUT2D eigenvalue weighted by Crippen LogP contribution is 2.42. The molecule has 7 nitrogen and oxygen atoms in total. The van der Waals surface area contributed by atoms with Crippen LogP contribution in [0.5, 0.6) is 0 Å². The predicted octanol–water partition coefficient (Wildman–Crippen LogP) is 5.13. The number of ether oxygens (including phenoxy) is 1. The highest BCUT2D eigenvalue weighted by Gasteiger charge is 2.46. The van der Waals surface area contributed by atoms with E-state index < -0.39 is 28.6 Å². The van der Waals surface area contributed by atoms with Gasteiger partial charge in [0, 0.05) is 23.5 Å². The normalized spacial score (nSPS) is 23.0. The van der Waals surface area contributed by atoms with Crippen molar-refractivity contribution in [3.05, 3.63) is 32.6 Å². The van der Waals surface area contributed by atoms with Gasteiger partial charge in [0.05, 0.1) is 12.7 Å². The molecule has 2 rings (SSSR count). The Morgan fingerprint density at radius 3 is 2.16 bits per heavy atom. The molecule has 1 N–H and O–H groups in total. The van der Waals surface area contributed by atoms with Crippen LogP contribution < -0.4 is 11.2 Å². The van der Waals surface area contributed by atoms with Crippen molar-refractivity contribution >= 4 is 32.6 Å². The lowest BCUT2D eigenvalue weighted by Crippen LogP contribution is -2.48. The highest BCUT2D eigenvalue weighted by molar-refractivity contribution is 9.08. The molecule has 1 aromatic heterocycles. The Morgan fingerprint density at radius 1 is 1.09 bits per heavy atom. The SMILES string of the molecule is CC(C)(C)[Si](C)(C)OC[C@H]1O[C@@H](n2cc(CBr)c(=O)[nH]c2=O)CC1O[Si](C)(C)C(C)(C)C. The highest BCUT2D eigenvalue weighted by atomic mass is 79.9. The molecule has 32 heavy (non-hydrogen) atoms. The van der Waals surface area contributed by atoms with Gasteiger partial charge < -0.3 is 13.6 Å². The number of alkyl halides is 1. The first kappa shape index (κ1) is 27.7. The molecule has 0 aliphatic carbocycles. The molecule has 1 fully saturated rings. The number of nitrogens with zero attached hydrogens (tertiary/aromatic N) is 1. The number of halogens is 1. The number of aromatic nitrogens is 2. The summed E-state index contributed by atoms with van der Waals surface area (Å²) in [4.78, 5) is 27.0. The molecule has 10 heteroatoms. The number of aromatic amines is 1. The molecule has 0 bridgehead atoms. The van der Waals surface area contributed by atoms with Crippen molar-refractivity contribution in [3.8, 4) is 0 Å². The zero-order valence-corrected chi connectivity index (χ0v) is 24.9. The van der Waals surface area contributed by atoms with Crippen LogP contribution in [-0.4, -0.2) is 45.0 Å². The summed E-state index contributed by atoms with van der Waals surface area (Å²) in [5, 5.41) is 0.493. The summed E-state index contributed by atoms with van der Waals surface area (Å²) in [7, 11) is -4.05. The second-order valence-electron chi connectivity index (χ2n) is 11.8. The van der Waals surface area contributed by atoms with E-state index in [1.165, 1.54) is 4.57 Å². The number of rotatable bonds is 7. The van der Waals surface area contributed by atoms with Crippen LogP contribution in [0, 0.1) is 0 Å². The summed E-state index contributed by atoms with van der Waals surface area (Å²) in [6.07, 6.45) is 1.14. The van der Waals surface area contributed by atoms with Crippen LogP contribution >= 0.6 is 15.9 Å². The second-order valence-corrected chi connectivity index (χ2v) is 21.9. The van der Waals surface area contributed by atoms with Crippen molar-refractivity contribution in [1.29, 1.82) is 0 Å². The van der Waals surface area contributed by atoms with Gasteiger partial charge in [0.15, 0.2) is 16.6 Å². The molecular formula is C22H41BrN2O5Si2. The van der Waals surface area contributed by atoms with E-state index in [2.05, 4.69) is 88.6 Å². The molecule has 1 saturated heterocycles. The predicted molar refractivity (Wildman–Crippen MR) is 138 cm³/mol. The molecule has 0 saturated carbocycles. The van der Waals surface area contributed by atoms with Gasteiger partial charge in [-0.05, 0) is 36.3 Å². The lowest BCUT2D eigenvalue weighted by Gasteiger charge is -2.40. The van der Waals surface area contributed by atoms with E-state index in [1.807, 2.05) is 0 Å². The Hall–Kier alpha value is -0.526. The molecule has 3 atom stereocenters. The van der Waals surface area contributed by atoms with Crippen molar-refractivity contribution in [1.82, 2.24) is 9.55 Å². The Morgan fingerprint density at radius 2 is 1.66 bits per heavy atom. The molecule has 0 aromatic carbocycles. The first-order valence-corrected chi connectivity index (χ1v) is 18.2. The van der Waals surface area contributed by atoms with Gasteiger partial charge in [0.1, 0.15) is 12.3 Å². The minimum absolute atomic E-state index is 0.0495. The third-order valence-corrected chi connectivity index (χ3v) is 17.0. The third kappa shape index (κ3) is 6.12. The van der Waals surface area contributed by atoms with Gasteiger partial charge in [-0.25, -0.2) is 4.79 Å². The van der Waals surface area contributed by atoms with Gasteiger partial charge >= 0.3 is 5.69 Å². The van der Waals surface area contributed by atoms with Gasteiger partial charge in [-0.1, -0.05) is 57.5 Å². The lowest BCUT2D eigenvalue weighted by atomic mass is 10.2. The monoisotopic (exact) mass is 548 g/mol. The summed E-state index contributed by atoms with van der Waals surface area (Å²) >= 11 is 3.32. The first-order valence-electron chi connectivity index (χ1n) is 11.3. The minimum atomic E-state index is -2.07. The topological polar surface area (TPSA) is 82.5 Å². The molecular weight excluding hydrogens is 508 g/mol. The van der Waals surface area contributed by atoms with Crippen LogP contribution in [0.25, 0.3) is 0 Å². The molecule has 0 radical (unpaired) electrons. The molecule has 2 heterocycles. The summed E-state index contributed by atoms with van der Waals surface area (Å²) in [5.74, 6) is 0. The van der Waals surface area contributed by atoms with E-state index in [1.54, 1.807) is 6.20 Å². The molecule has 1 aliphatic heterocycles. The van der Waals surface area contributed by atoms with E-state index in [0.717, 1.165) is 0 Å². The zero-order valence-electron chi connectivity index (χ0n) is 21.3. The first-order chi connectivity index (χ1) is 14.4. The van der Waals surface area contributed by atoms with Gasteiger partial charge in [0.2, 0.25) is 0 Å². The average Bonchev–Trinajstić information content (AvgIpc) is 3.00. The van der Waals surface area contributed by atoms with Crippen molar-refractivity contribution in [2.75, 3.05) is 6.61 Å². The number of hydrogen-bond donors (Lipinski definition) is 1. The average molecular weight is 550 g/mol. The maximum Gasteiger partial charge on any atom is 0.330 e. The Kier molecular flexibility index (Phi) is 8.33. The quantitative estimate of drug-likeness (QED) is 0.377. The largest absolute Gasteiger partial charge is 0.414 e. The van der Waals surface area contributed by atoms with E-state index in [-0.39, 0.29) is 27.8 Å². The molecule has 1 unspecified atom stereocenters. The van der Waals surface area contributed by atoms with E-state index in [9.17, 15) is 9.59 Å². The van der Waals surface area contributed by atoms with Gasteiger partial charge in [-0.2, -0.15) is 0 Å². The van der Waals surface area contributed by atoms with Gasteiger partial charge in [-0.15, -0.1) is 0 Å². The zero-order chi connectivity index (χ0) is 24.7. The van der Waals surface area contributed by atoms with Crippen molar-refractivity contribution in [3.63, 3.8) is 0 Å². The van der Waals surface area contributed by atoms with Crippen molar-refractivity contribution in [2.24, 2.45) is 0 Å². The van der Waals surface area contributed by atoms with E-state index in [0.29, 0.717) is 23.9 Å². The van der Waals surface area contributed by atoms with E-state index >= 15 is 0 Å². The summed E-state index contributed by atoms with van der Waals surface area (Å²) < 4.78 is 21.1. The molecule has 0 amide bonds. The second kappa shape index (κ2) is 9.61. The summed E-state index contributed by atoms with van der Waals surface area (Å²) in [6, 6.07) is 0. The van der Waals surface area contributed by atoms with Crippen molar-refractivity contribution in [2.45, 2.75) is 108 Å². The summed E-state index contributed by atoms with van der Waals surface area (Å²) in [6.45, 7) is 22.6. The fourth-order valence-corrected chi connectivity index (χ4v) is 5.82. The fraction of sp³-hybridized carbons (Fsp3) is 0.818. The fourth-order valence-electron chi connectivity index (χ4n) is 3.04. The number of hydrogen-bond acceptors (Lipinski definition) is 5. The Balaban J connectivity index is 2.35. The van der Waals surface area contributed by atoms with Crippen LogP contribution in [0.4, 0.5) is 0 Å². The maximum atomic E-state index is 12.6. The minimum Gasteiger partial charge on any atom is -0.414 e. The standard InChI is InChI=1S/C22H41BrN2O5Si2/c1-21(2,3)31(7,8)28-14-17-16(30-32(9,10)22(4,5)6)11-18(29-17)25-13-15(12-23)19(26)24-20(25)27/h13,16-18H,11-12,14H2,1-10H3,(H,24,26,27)/t16?,17-,18-/m1/s1. The van der Waals surface area contributed by atoms with Crippen LogP contribution in [-0.2, 0) is 18.9 Å². The molecule has 184 valence electrons. The molecule has 0 spiro atoms. The van der Waals surface area contributed by atoms with Crippen LogP contribution in [0.15, 0.2) is 15.8 Å². The molecule has 1 aromatic rings. The third-order valence-electron chi connectivity index (χ3n) is 7.34. The summed E-state index contributed by atoms with van der Waals surface area (Å²) in [5.41, 5.74) is -0.370. The van der Waals surface area contributed by atoms with Gasteiger partial charge in [-0.3, -0.25) is 14.3 Å². The lowest BCUT2D eigenvalue weighted by molar-refractivity contribution is -0.0413. The van der Waals surface area contributed by atoms with Crippen LogP contribution in [0.1, 0.15) is 59.8 Å². The van der Waals surface area contributed by atoms with Gasteiger partial charge in [0.25, 0.3) is 5.56 Å². The van der Waals surface area contributed by atoms with Crippen LogP contribution in [0.3, 0.4) is 0 Å². The number of nitrogens with one attached hydrogen (secondary N) is 1. The van der Waals surface area contributed by atoms with Crippen LogP contribution in [0.2, 0.25) is 36.3 Å². The smallest absolute Gasteiger partial charge is 0.330 e. The Labute approximate surface area is 202 Å². The van der Waals surface area contributed by atoms with E-state index in [4.69, 9.17) is 13.6 Å². The molecule has 1 aliphatic rings. The van der Waals surface area contributed by atoms with Crippen molar-refractivity contribution < 1.29 is 13.6 Å². The maximum absolute atomic E-state index is 12.6.